The molecule has 0 aromatic heterocycles. The molecule has 3 aromatic carbocycles. The van der Waals surface area contributed by atoms with Gasteiger partial charge in [-0.15, -0.1) is 0 Å². The molecule has 2 heterocycles. The summed E-state index contributed by atoms with van der Waals surface area (Å²) in [6.45, 7) is 0.101. The van der Waals surface area contributed by atoms with Gasteiger partial charge in [0.05, 0.1) is 11.3 Å². The number of hydrogen-bond acceptors (Lipinski definition) is 3. The minimum Gasteiger partial charge on any atom is -0.456 e. The van der Waals surface area contributed by atoms with E-state index < -0.39 is 0 Å². The highest BCUT2D eigenvalue weighted by Gasteiger charge is 2.43. The summed E-state index contributed by atoms with van der Waals surface area (Å²) < 4.78 is 5.35. The number of carbonyl (C=O) groups excluding carboxylic acids is 2. The van der Waals surface area contributed by atoms with Crippen molar-refractivity contribution in [3.63, 3.8) is 0 Å². The van der Waals surface area contributed by atoms with Gasteiger partial charge in [0, 0.05) is 23.0 Å². The zero-order valence-corrected chi connectivity index (χ0v) is 15.6. The van der Waals surface area contributed by atoms with Crippen LogP contribution in [0.4, 0.5) is 5.69 Å². The van der Waals surface area contributed by atoms with Crippen molar-refractivity contribution in [2.24, 2.45) is 0 Å². The fourth-order valence-corrected chi connectivity index (χ4v) is 4.29. The van der Waals surface area contributed by atoms with E-state index in [2.05, 4.69) is 0 Å². The average Bonchev–Trinajstić information content (AvgIpc) is 3.09. The first-order valence-corrected chi connectivity index (χ1v) is 9.47. The standard InChI is InChI=1S/C23H16ClNO3/c24-15-8-10-16(11-9-15)25-20-13-28-23(27)22(20)19(12-21(25)26)18-7-3-5-14-4-1-2-6-17(14)18/h1-11,19H,12-13H2. The molecule has 3 aromatic rings. The summed E-state index contributed by atoms with van der Waals surface area (Å²) in [5, 5.41) is 2.73. The Morgan fingerprint density at radius 1 is 0.929 bits per heavy atom. The van der Waals surface area contributed by atoms with Gasteiger partial charge in [0.1, 0.15) is 6.61 Å². The number of fused-ring (bicyclic) bond motifs is 1. The second-order valence-corrected chi connectivity index (χ2v) is 7.40. The molecule has 28 heavy (non-hydrogen) atoms. The Morgan fingerprint density at radius 3 is 2.50 bits per heavy atom. The Hall–Kier alpha value is -3.11. The quantitative estimate of drug-likeness (QED) is 0.590. The normalized spacial score (nSPS) is 19.2. The molecule has 0 fully saturated rings. The SMILES string of the molecule is O=C1OCC2=C1C(c1cccc3ccccc13)CC(=O)N2c1ccc(Cl)cc1. The summed E-state index contributed by atoms with van der Waals surface area (Å²) in [6.07, 6.45) is 0.213. The second-order valence-electron chi connectivity index (χ2n) is 6.97. The molecule has 4 nitrogen and oxygen atoms in total. The van der Waals surface area contributed by atoms with Crippen molar-refractivity contribution in [3.05, 3.63) is 88.6 Å². The summed E-state index contributed by atoms with van der Waals surface area (Å²) in [6, 6.07) is 21.0. The Balaban J connectivity index is 1.68. The summed E-state index contributed by atoms with van der Waals surface area (Å²) in [4.78, 5) is 27.4. The Kier molecular flexibility index (Phi) is 3.95. The third kappa shape index (κ3) is 2.60. The lowest BCUT2D eigenvalue weighted by Gasteiger charge is -2.32. The van der Waals surface area contributed by atoms with Crippen LogP contribution >= 0.6 is 11.6 Å². The average molecular weight is 390 g/mol. The van der Waals surface area contributed by atoms with Crippen LogP contribution in [0.1, 0.15) is 17.9 Å². The molecule has 0 radical (unpaired) electrons. The number of carbonyl (C=O) groups is 2. The minimum atomic E-state index is -0.348. The van der Waals surface area contributed by atoms with Crippen molar-refractivity contribution in [3.8, 4) is 0 Å². The van der Waals surface area contributed by atoms with E-state index in [9.17, 15) is 9.59 Å². The topological polar surface area (TPSA) is 46.6 Å². The van der Waals surface area contributed by atoms with E-state index in [-0.39, 0.29) is 30.8 Å². The number of rotatable bonds is 2. The van der Waals surface area contributed by atoms with E-state index in [1.165, 1.54) is 0 Å². The number of hydrogen-bond donors (Lipinski definition) is 0. The molecule has 0 bridgehead atoms. The van der Waals surface area contributed by atoms with Gasteiger partial charge in [0.25, 0.3) is 0 Å². The van der Waals surface area contributed by atoms with Crippen LogP contribution in [0.3, 0.4) is 0 Å². The molecule has 2 aliphatic heterocycles. The maximum Gasteiger partial charge on any atom is 0.336 e. The van der Waals surface area contributed by atoms with E-state index in [1.807, 2.05) is 42.5 Å². The molecule has 0 N–H and O–H groups in total. The number of ether oxygens (including phenoxy) is 1. The lowest BCUT2D eigenvalue weighted by Crippen LogP contribution is -2.37. The zero-order chi connectivity index (χ0) is 19.3. The van der Waals surface area contributed by atoms with Crippen LogP contribution in [-0.2, 0) is 14.3 Å². The van der Waals surface area contributed by atoms with E-state index in [1.54, 1.807) is 29.2 Å². The molecule has 1 amide bonds. The zero-order valence-electron chi connectivity index (χ0n) is 14.9. The van der Waals surface area contributed by atoms with E-state index in [0.717, 1.165) is 16.3 Å². The van der Waals surface area contributed by atoms with Crippen LogP contribution in [-0.4, -0.2) is 18.5 Å². The van der Waals surface area contributed by atoms with Gasteiger partial charge < -0.3 is 4.74 Å². The van der Waals surface area contributed by atoms with E-state index in [4.69, 9.17) is 16.3 Å². The molecular weight excluding hydrogens is 374 g/mol. The van der Waals surface area contributed by atoms with Gasteiger partial charge in [-0.3, -0.25) is 9.69 Å². The predicted molar refractivity (Wildman–Crippen MR) is 108 cm³/mol. The van der Waals surface area contributed by atoms with Crippen molar-refractivity contribution in [2.45, 2.75) is 12.3 Å². The van der Waals surface area contributed by atoms with Crippen LogP contribution in [0, 0.1) is 0 Å². The van der Waals surface area contributed by atoms with Gasteiger partial charge in [-0.2, -0.15) is 0 Å². The van der Waals surface area contributed by atoms with Crippen LogP contribution in [0.2, 0.25) is 5.02 Å². The van der Waals surface area contributed by atoms with Crippen LogP contribution in [0.25, 0.3) is 10.8 Å². The van der Waals surface area contributed by atoms with Gasteiger partial charge in [-0.25, -0.2) is 4.79 Å². The predicted octanol–water partition coefficient (Wildman–Crippen LogP) is 4.82. The molecule has 0 saturated heterocycles. The first-order valence-electron chi connectivity index (χ1n) is 9.10. The maximum atomic E-state index is 13.1. The minimum absolute atomic E-state index is 0.0580. The largest absolute Gasteiger partial charge is 0.456 e. The number of amides is 1. The van der Waals surface area contributed by atoms with E-state index in [0.29, 0.717) is 22.0 Å². The number of anilines is 1. The summed E-state index contributed by atoms with van der Waals surface area (Å²) in [5.74, 6) is -0.719. The van der Waals surface area contributed by atoms with Crippen molar-refractivity contribution in [1.82, 2.24) is 0 Å². The third-order valence-corrected chi connectivity index (χ3v) is 5.65. The Bertz CT molecular complexity index is 1140. The monoisotopic (exact) mass is 389 g/mol. The molecule has 2 aliphatic rings. The fraction of sp³-hybridized carbons (Fsp3) is 0.130. The lowest BCUT2D eigenvalue weighted by molar-refractivity contribution is -0.136. The van der Waals surface area contributed by atoms with Gasteiger partial charge >= 0.3 is 5.97 Å². The molecule has 0 aliphatic carbocycles. The number of esters is 1. The second kappa shape index (κ2) is 6.50. The van der Waals surface area contributed by atoms with Crippen molar-refractivity contribution >= 4 is 39.9 Å². The van der Waals surface area contributed by atoms with Crippen molar-refractivity contribution in [1.29, 1.82) is 0 Å². The molecule has 1 unspecified atom stereocenters. The first-order chi connectivity index (χ1) is 13.6. The Labute approximate surface area is 167 Å². The van der Waals surface area contributed by atoms with Crippen molar-refractivity contribution in [2.75, 3.05) is 11.5 Å². The molecule has 5 rings (SSSR count). The van der Waals surface area contributed by atoms with Gasteiger partial charge in [-0.05, 0) is 40.6 Å². The van der Waals surface area contributed by atoms with Gasteiger partial charge in [-0.1, -0.05) is 54.1 Å². The number of halogens is 1. The Morgan fingerprint density at radius 2 is 1.68 bits per heavy atom. The number of cyclic esters (lactones) is 1. The summed E-state index contributed by atoms with van der Waals surface area (Å²) in [7, 11) is 0. The molecule has 0 saturated carbocycles. The van der Waals surface area contributed by atoms with Crippen LogP contribution in [0.15, 0.2) is 78.0 Å². The molecular formula is C23H16ClNO3. The molecule has 1 atom stereocenters. The highest BCUT2D eigenvalue weighted by molar-refractivity contribution is 6.30. The highest BCUT2D eigenvalue weighted by Crippen LogP contribution is 2.43. The maximum absolute atomic E-state index is 13.1. The highest BCUT2D eigenvalue weighted by atomic mass is 35.5. The number of benzene rings is 3. The molecule has 138 valence electrons. The smallest absolute Gasteiger partial charge is 0.336 e. The molecule has 0 spiro atoms. The van der Waals surface area contributed by atoms with Crippen LogP contribution in [0.5, 0.6) is 0 Å². The van der Waals surface area contributed by atoms with Crippen molar-refractivity contribution < 1.29 is 14.3 Å². The lowest BCUT2D eigenvalue weighted by atomic mass is 9.82. The summed E-state index contributed by atoms with van der Waals surface area (Å²) in [5.41, 5.74) is 2.87. The van der Waals surface area contributed by atoms with Gasteiger partial charge in [0.2, 0.25) is 5.91 Å². The van der Waals surface area contributed by atoms with E-state index >= 15 is 0 Å². The van der Waals surface area contributed by atoms with Gasteiger partial charge in [0.15, 0.2) is 0 Å². The van der Waals surface area contributed by atoms with Crippen LogP contribution < -0.4 is 4.90 Å². The number of nitrogens with zero attached hydrogens (tertiary/aromatic N) is 1. The third-order valence-electron chi connectivity index (χ3n) is 5.40. The first kappa shape index (κ1) is 17.0. The summed E-state index contributed by atoms with van der Waals surface area (Å²) >= 11 is 5.99. The fourth-order valence-electron chi connectivity index (χ4n) is 4.16. The molecule has 5 heteroatoms.